The van der Waals surface area contributed by atoms with Crippen LogP contribution in [-0.4, -0.2) is 48.2 Å². The van der Waals surface area contributed by atoms with Crippen molar-refractivity contribution in [3.05, 3.63) is 21.1 Å². The van der Waals surface area contributed by atoms with Crippen LogP contribution in [0.2, 0.25) is 0 Å². The number of anilines is 1. The van der Waals surface area contributed by atoms with Crippen LogP contribution in [0.1, 0.15) is 17.9 Å². The molecule has 0 spiro atoms. The second kappa shape index (κ2) is 5.21. The van der Waals surface area contributed by atoms with Crippen molar-refractivity contribution in [3.8, 4) is 0 Å². The summed E-state index contributed by atoms with van der Waals surface area (Å²) in [6.07, 6.45) is -0.657. The molecule has 100 valence electrons. The predicted octanol–water partition coefficient (Wildman–Crippen LogP) is 1.46. The highest BCUT2D eigenvalue weighted by molar-refractivity contribution is 7.16. The third-order valence-corrected chi connectivity index (χ3v) is 4.47. The van der Waals surface area contributed by atoms with Gasteiger partial charge in [0.2, 0.25) is 0 Å². The topological polar surface area (TPSA) is 69.8 Å². The maximum absolute atomic E-state index is 11.1. The quantitative estimate of drug-likeness (QED) is 0.666. The smallest absolute Gasteiger partial charge is 0.304 e. The lowest BCUT2D eigenvalue weighted by atomic mass is 10.3. The fourth-order valence-corrected chi connectivity index (χ4v) is 3.08. The Morgan fingerprint density at radius 1 is 1.44 bits per heavy atom. The zero-order valence-corrected chi connectivity index (χ0v) is 11.3. The third kappa shape index (κ3) is 2.63. The lowest BCUT2D eigenvalue weighted by molar-refractivity contribution is -0.383. The lowest BCUT2D eigenvalue weighted by Crippen LogP contribution is -2.44. The van der Waals surface area contributed by atoms with Crippen molar-refractivity contribution < 1.29 is 10.0 Å². The number of aliphatic hydroxyl groups excluding tert-OH is 1. The zero-order valence-electron chi connectivity index (χ0n) is 10.5. The van der Waals surface area contributed by atoms with E-state index in [4.69, 9.17) is 0 Å². The molecule has 0 aliphatic carbocycles. The Balaban J connectivity index is 2.28. The van der Waals surface area contributed by atoms with Crippen LogP contribution in [0.25, 0.3) is 0 Å². The largest absolute Gasteiger partial charge is 0.388 e. The van der Waals surface area contributed by atoms with Crippen LogP contribution in [0, 0.1) is 10.1 Å². The summed E-state index contributed by atoms with van der Waals surface area (Å²) in [6, 6.07) is 1.49. The van der Waals surface area contributed by atoms with Crippen molar-refractivity contribution >= 4 is 22.0 Å². The minimum absolute atomic E-state index is 0.112. The van der Waals surface area contributed by atoms with Gasteiger partial charge in [0.25, 0.3) is 0 Å². The van der Waals surface area contributed by atoms with Gasteiger partial charge in [0.05, 0.1) is 11.0 Å². The lowest BCUT2D eigenvalue weighted by Gasteiger charge is -2.32. The zero-order chi connectivity index (χ0) is 13.3. The molecule has 1 aromatic heterocycles. The molecule has 18 heavy (non-hydrogen) atoms. The summed E-state index contributed by atoms with van der Waals surface area (Å²) in [5, 5.41) is 21.3. The van der Waals surface area contributed by atoms with Crippen molar-refractivity contribution in [3.63, 3.8) is 0 Å². The van der Waals surface area contributed by atoms with Crippen molar-refractivity contribution in [2.75, 3.05) is 38.1 Å². The van der Waals surface area contributed by atoms with E-state index in [1.165, 1.54) is 17.4 Å². The Labute approximate surface area is 110 Å². The van der Waals surface area contributed by atoms with E-state index in [1.807, 2.05) is 11.9 Å². The van der Waals surface area contributed by atoms with Gasteiger partial charge in [-0.05, 0) is 14.0 Å². The first-order chi connectivity index (χ1) is 8.49. The SMILES string of the molecule is C[C@@H](O)c1cc([N+](=O)[O-])c(N2CCN(C)CC2)s1. The van der Waals surface area contributed by atoms with E-state index in [0.29, 0.717) is 9.88 Å². The normalized spacial score (nSPS) is 18.9. The third-order valence-electron chi connectivity index (χ3n) is 3.11. The number of nitrogens with zero attached hydrogens (tertiary/aromatic N) is 3. The van der Waals surface area contributed by atoms with Gasteiger partial charge in [0.15, 0.2) is 5.00 Å². The van der Waals surface area contributed by atoms with E-state index in [1.54, 1.807) is 6.92 Å². The van der Waals surface area contributed by atoms with Gasteiger partial charge < -0.3 is 14.9 Å². The van der Waals surface area contributed by atoms with E-state index in [2.05, 4.69) is 4.90 Å². The summed E-state index contributed by atoms with van der Waals surface area (Å²) in [5.74, 6) is 0. The van der Waals surface area contributed by atoms with Gasteiger partial charge in [-0.1, -0.05) is 0 Å². The van der Waals surface area contributed by atoms with Crippen LogP contribution in [0.15, 0.2) is 6.07 Å². The molecule has 2 heterocycles. The molecule has 1 aliphatic heterocycles. The van der Waals surface area contributed by atoms with Crippen molar-refractivity contribution in [1.29, 1.82) is 0 Å². The molecule has 1 aromatic rings. The van der Waals surface area contributed by atoms with Gasteiger partial charge in [0, 0.05) is 37.1 Å². The van der Waals surface area contributed by atoms with E-state index < -0.39 is 6.10 Å². The van der Waals surface area contributed by atoms with Gasteiger partial charge in [0.1, 0.15) is 0 Å². The Hall–Kier alpha value is -1.18. The van der Waals surface area contributed by atoms with Gasteiger partial charge in [-0.2, -0.15) is 0 Å². The minimum Gasteiger partial charge on any atom is -0.388 e. The number of rotatable bonds is 3. The predicted molar refractivity (Wildman–Crippen MR) is 71.3 cm³/mol. The van der Waals surface area contributed by atoms with Gasteiger partial charge >= 0.3 is 5.69 Å². The molecule has 0 unspecified atom stereocenters. The summed E-state index contributed by atoms with van der Waals surface area (Å²) in [5.41, 5.74) is 0.112. The number of nitro groups is 1. The van der Waals surface area contributed by atoms with Crippen LogP contribution in [0.5, 0.6) is 0 Å². The molecule has 1 atom stereocenters. The average molecular weight is 271 g/mol. The first-order valence-electron chi connectivity index (χ1n) is 5.88. The first-order valence-corrected chi connectivity index (χ1v) is 6.70. The molecule has 0 saturated carbocycles. The highest BCUT2D eigenvalue weighted by atomic mass is 32.1. The van der Waals surface area contributed by atoms with E-state index in [9.17, 15) is 15.2 Å². The maximum atomic E-state index is 11.1. The molecule has 1 fully saturated rings. The van der Waals surface area contributed by atoms with Crippen LogP contribution in [0.4, 0.5) is 10.7 Å². The molecule has 0 aromatic carbocycles. The first kappa shape index (κ1) is 13.3. The Kier molecular flexibility index (Phi) is 3.84. The summed E-state index contributed by atoms with van der Waals surface area (Å²) in [7, 11) is 2.04. The van der Waals surface area contributed by atoms with Crippen molar-refractivity contribution in [2.45, 2.75) is 13.0 Å². The number of hydrogen-bond donors (Lipinski definition) is 1. The molecular weight excluding hydrogens is 254 g/mol. The molecule has 6 nitrogen and oxygen atoms in total. The second-order valence-electron chi connectivity index (χ2n) is 4.56. The summed E-state index contributed by atoms with van der Waals surface area (Å²) >= 11 is 1.32. The van der Waals surface area contributed by atoms with Gasteiger partial charge in [-0.15, -0.1) is 11.3 Å². The maximum Gasteiger partial charge on any atom is 0.304 e. The Bertz CT molecular complexity index is 439. The Morgan fingerprint density at radius 2 is 2.06 bits per heavy atom. The van der Waals surface area contributed by atoms with Crippen molar-refractivity contribution in [2.24, 2.45) is 0 Å². The molecule has 1 saturated heterocycles. The van der Waals surface area contributed by atoms with Crippen LogP contribution in [0.3, 0.4) is 0 Å². The Morgan fingerprint density at radius 3 is 2.56 bits per heavy atom. The van der Waals surface area contributed by atoms with Gasteiger partial charge in [-0.25, -0.2) is 0 Å². The summed E-state index contributed by atoms with van der Waals surface area (Å²) < 4.78 is 0. The molecular formula is C11H17N3O3S. The highest BCUT2D eigenvalue weighted by Crippen LogP contribution is 2.40. The minimum atomic E-state index is -0.657. The molecule has 0 radical (unpaired) electrons. The molecule has 1 N–H and O–H groups in total. The second-order valence-corrected chi connectivity index (χ2v) is 5.62. The molecule has 0 amide bonds. The van der Waals surface area contributed by atoms with Gasteiger partial charge in [-0.3, -0.25) is 10.1 Å². The number of piperazine rings is 1. The number of thiophene rings is 1. The molecule has 2 rings (SSSR count). The van der Waals surface area contributed by atoms with E-state index >= 15 is 0 Å². The van der Waals surface area contributed by atoms with E-state index in [0.717, 1.165) is 26.2 Å². The summed E-state index contributed by atoms with van der Waals surface area (Å²) in [4.78, 5) is 15.6. The number of likely N-dealkylation sites (N-methyl/N-ethyl adjacent to an activating group) is 1. The summed E-state index contributed by atoms with van der Waals surface area (Å²) in [6.45, 7) is 5.01. The molecule has 7 heteroatoms. The molecule has 1 aliphatic rings. The van der Waals surface area contributed by atoms with Crippen LogP contribution in [-0.2, 0) is 0 Å². The fourth-order valence-electron chi connectivity index (χ4n) is 1.96. The monoisotopic (exact) mass is 271 g/mol. The highest BCUT2D eigenvalue weighted by Gasteiger charge is 2.27. The number of hydrogen-bond acceptors (Lipinski definition) is 6. The average Bonchev–Trinajstić information content (AvgIpc) is 2.75. The van der Waals surface area contributed by atoms with E-state index in [-0.39, 0.29) is 10.6 Å². The van der Waals surface area contributed by atoms with Crippen LogP contribution >= 0.6 is 11.3 Å². The number of aliphatic hydroxyl groups is 1. The van der Waals surface area contributed by atoms with Crippen molar-refractivity contribution in [1.82, 2.24) is 4.90 Å². The fraction of sp³-hybridized carbons (Fsp3) is 0.636. The molecule has 0 bridgehead atoms. The standard InChI is InChI=1S/C11H17N3O3S/c1-8(15)10-7-9(14(16)17)11(18-10)13-5-3-12(2)4-6-13/h7-8,15H,3-6H2,1-2H3/t8-/m1/s1. The van der Waals surface area contributed by atoms with Crippen LogP contribution < -0.4 is 4.90 Å².